The van der Waals surface area contributed by atoms with Crippen LogP contribution < -0.4 is 14.5 Å². The van der Waals surface area contributed by atoms with Gasteiger partial charge in [-0.2, -0.15) is 5.10 Å². The molecular formula is C28H34N6O2. The number of aryl methyl sites for hydroxylation is 1. The first-order chi connectivity index (χ1) is 17.6. The van der Waals surface area contributed by atoms with E-state index >= 15 is 0 Å². The Labute approximate surface area is 212 Å². The lowest BCUT2D eigenvalue weighted by Gasteiger charge is -2.46. The van der Waals surface area contributed by atoms with Crippen molar-refractivity contribution in [3.8, 4) is 5.88 Å². The highest BCUT2D eigenvalue weighted by Gasteiger charge is 2.42. The van der Waals surface area contributed by atoms with E-state index in [1.165, 1.54) is 24.0 Å². The highest BCUT2D eigenvalue weighted by Crippen LogP contribution is 2.44. The van der Waals surface area contributed by atoms with E-state index in [9.17, 15) is 4.79 Å². The molecule has 0 radical (unpaired) electrons. The van der Waals surface area contributed by atoms with Crippen LogP contribution >= 0.6 is 0 Å². The molecular weight excluding hydrogens is 452 g/mol. The third kappa shape index (κ3) is 3.88. The largest absolute Gasteiger partial charge is 0.480 e. The van der Waals surface area contributed by atoms with E-state index in [0.29, 0.717) is 18.3 Å². The van der Waals surface area contributed by atoms with Gasteiger partial charge < -0.3 is 14.5 Å². The van der Waals surface area contributed by atoms with Gasteiger partial charge in [0.2, 0.25) is 5.88 Å². The molecule has 1 atom stereocenters. The first-order valence-corrected chi connectivity index (χ1v) is 13.0. The van der Waals surface area contributed by atoms with Gasteiger partial charge in [0.15, 0.2) is 0 Å². The number of rotatable bonds is 6. The molecule has 8 heteroatoms. The molecule has 0 spiro atoms. The second kappa shape index (κ2) is 9.15. The van der Waals surface area contributed by atoms with Crippen LogP contribution in [0.3, 0.4) is 0 Å². The van der Waals surface area contributed by atoms with Gasteiger partial charge in [-0.1, -0.05) is 24.3 Å². The number of carbonyl (C=O) groups is 1. The minimum Gasteiger partial charge on any atom is -0.480 e. The van der Waals surface area contributed by atoms with Gasteiger partial charge in [-0.3, -0.25) is 10.00 Å². The Hall–Kier alpha value is -3.55. The molecule has 1 aromatic carbocycles. The first-order valence-electron chi connectivity index (χ1n) is 13.0. The zero-order valence-corrected chi connectivity index (χ0v) is 21.3. The summed E-state index contributed by atoms with van der Waals surface area (Å²) < 4.78 is 5.55. The number of nitrogens with zero attached hydrogens (tertiary/aromatic N) is 5. The third-order valence-electron chi connectivity index (χ3n) is 8.09. The number of hydrogen-bond donors (Lipinski definition) is 1. The van der Waals surface area contributed by atoms with Gasteiger partial charge >= 0.3 is 6.03 Å². The number of carbonyl (C=O) groups excluding carboxylic acids is 1. The van der Waals surface area contributed by atoms with E-state index in [2.05, 4.69) is 63.1 Å². The van der Waals surface area contributed by atoms with Crippen LogP contribution in [0.4, 0.5) is 16.2 Å². The number of ether oxygens (including phenoxy) is 1. The molecule has 0 bridgehead atoms. The summed E-state index contributed by atoms with van der Waals surface area (Å²) in [6, 6.07) is 10.8. The molecule has 3 aromatic rings. The van der Waals surface area contributed by atoms with E-state index in [1.54, 1.807) is 19.5 Å². The second-order valence-electron chi connectivity index (χ2n) is 10.3. The summed E-state index contributed by atoms with van der Waals surface area (Å²) >= 11 is 0. The molecule has 2 fully saturated rings. The number of anilines is 2. The molecule has 3 aliphatic rings. The van der Waals surface area contributed by atoms with Gasteiger partial charge in [0, 0.05) is 25.3 Å². The number of piperidine rings is 1. The Kier molecular flexibility index (Phi) is 5.82. The number of pyridine rings is 1. The lowest BCUT2D eigenvalue weighted by Crippen LogP contribution is -2.55. The van der Waals surface area contributed by atoms with Crippen LogP contribution in [0.2, 0.25) is 0 Å². The predicted molar refractivity (Wildman–Crippen MR) is 140 cm³/mol. The maximum absolute atomic E-state index is 14.1. The molecule has 1 aliphatic carbocycles. The van der Waals surface area contributed by atoms with Crippen molar-refractivity contribution >= 4 is 17.4 Å². The maximum Gasteiger partial charge on any atom is 0.325 e. The molecule has 1 saturated carbocycles. The smallest absolute Gasteiger partial charge is 0.325 e. The average molecular weight is 487 g/mol. The minimum atomic E-state index is -0.0452. The quantitative estimate of drug-likeness (QED) is 0.520. The van der Waals surface area contributed by atoms with E-state index < -0.39 is 0 Å². The van der Waals surface area contributed by atoms with Crippen molar-refractivity contribution in [3.05, 3.63) is 65.1 Å². The molecule has 2 aliphatic heterocycles. The summed E-state index contributed by atoms with van der Waals surface area (Å²) in [5.41, 5.74) is 6.77. The van der Waals surface area contributed by atoms with E-state index in [1.807, 2.05) is 11.0 Å². The number of hydrogen-bond acceptors (Lipinski definition) is 5. The van der Waals surface area contributed by atoms with E-state index in [0.717, 1.165) is 48.6 Å². The summed E-state index contributed by atoms with van der Waals surface area (Å²) in [5.74, 6) is 1.30. The number of aromatic amines is 1. The lowest BCUT2D eigenvalue weighted by atomic mass is 9.97. The molecule has 1 N–H and O–H groups in total. The van der Waals surface area contributed by atoms with Crippen LogP contribution in [0.1, 0.15) is 67.0 Å². The number of H-pyrrole nitrogens is 1. The molecule has 2 amide bonds. The van der Waals surface area contributed by atoms with Crippen molar-refractivity contribution in [2.75, 3.05) is 30.0 Å². The number of urea groups is 1. The van der Waals surface area contributed by atoms with Gasteiger partial charge in [0.25, 0.3) is 0 Å². The molecule has 36 heavy (non-hydrogen) atoms. The Morgan fingerprint density at radius 2 is 1.89 bits per heavy atom. The highest BCUT2D eigenvalue weighted by molar-refractivity contribution is 5.95. The van der Waals surface area contributed by atoms with Crippen molar-refractivity contribution in [3.63, 3.8) is 0 Å². The molecule has 1 saturated heterocycles. The predicted octanol–water partition coefficient (Wildman–Crippen LogP) is 5.17. The monoisotopic (exact) mass is 486 g/mol. The number of nitrogens with one attached hydrogen (secondary N) is 1. The Morgan fingerprint density at radius 3 is 2.64 bits per heavy atom. The standard InChI is InChI=1S/C28H34N6O2/c1-18-10-13-29-27(36-3)26(18)32-14-11-22(12-15-32)34-19(2)25-24(16-30-31-25)33(28(34)35)17-21-6-4-5-7-23(21)20-8-9-20/h4-7,10,13,16,19-20,22H,8-9,11-12,14-15,17H2,1-3H3,(H,30,31)/t19-/m1/s1. The van der Waals surface area contributed by atoms with Crippen LogP contribution in [-0.4, -0.2) is 52.4 Å². The highest BCUT2D eigenvalue weighted by atomic mass is 16.5. The molecule has 4 heterocycles. The molecule has 188 valence electrons. The number of methoxy groups -OCH3 is 1. The SMILES string of the molecule is COc1nccc(C)c1N1CCC(N2C(=O)N(Cc3ccccc3C3CC3)c3cn[nH]c3[C@H]2C)CC1. The van der Waals surface area contributed by atoms with Crippen molar-refractivity contribution in [2.24, 2.45) is 0 Å². The zero-order chi connectivity index (χ0) is 24.8. The van der Waals surface area contributed by atoms with Crippen molar-refractivity contribution in [1.82, 2.24) is 20.1 Å². The van der Waals surface area contributed by atoms with Crippen molar-refractivity contribution in [1.29, 1.82) is 0 Å². The fraction of sp³-hybridized carbons (Fsp3) is 0.464. The van der Waals surface area contributed by atoms with Crippen LogP contribution in [0.25, 0.3) is 0 Å². The fourth-order valence-corrected chi connectivity index (χ4v) is 6.05. The fourth-order valence-electron chi connectivity index (χ4n) is 6.05. The van der Waals surface area contributed by atoms with Crippen molar-refractivity contribution in [2.45, 2.75) is 64.1 Å². The Morgan fingerprint density at radius 1 is 1.11 bits per heavy atom. The summed E-state index contributed by atoms with van der Waals surface area (Å²) in [7, 11) is 1.67. The Balaban J connectivity index is 1.25. The summed E-state index contributed by atoms with van der Waals surface area (Å²) in [6.45, 7) is 6.49. The number of aromatic nitrogens is 3. The van der Waals surface area contributed by atoms with Gasteiger partial charge in [-0.05, 0) is 68.2 Å². The van der Waals surface area contributed by atoms with Gasteiger partial charge in [0.1, 0.15) is 5.69 Å². The zero-order valence-electron chi connectivity index (χ0n) is 21.3. The topological polar surface area (TPSA) is 77.6 Å². The number of amides is 2. The molecule has 6 rings (SSSR count). The van der Waals surface area contributed by atoms with E-state index in [4.69, 9.17) is 4.74 Å². The summed E-state index contributed by atoms with van der Waals surface area (Å²) in [6.07, 6.45) is 7.86. The van der Waals surface area contributed by atoms with Gasteiger partial charge in [-0.25, -0.2) is 9.78 Å². The van der Waals surface area contributed by atoms with Crippen LogP contribution in [0.5, 0.6) is 5.88 Å². The second-order valence-corrected chi connectivity index (χ2v) is 10.3. The molecule has 0 unspecified atom stereocenters. The Bertz CT molecular complexity index is 1260. The normalized spacial score (nSPS) is 20.6. The molecule has 8 nitrogen and oxygen atoms in total. The van der Waals surface area contributed by atoms with Gasteiger partial charge in [-0.15, -0.1) is 0 Å². The maximum atomic E-state index is 14.1. The van der Waals surface area contributed by atoms with Crippen LogP contribution in [-0.2, 0) is 6.54 Å². The van der Waals surface area contributed by atoms with Gasteiger partial charge in [0.05, 0.1) is 37.3 Å². The van der Waals surface area contributed by atoms with E-state index in [-0.39, 0.29) is 18.1 Å². The number of fused-ring (bicyclic) bond motifs is 1. The average Bonchev–Trinajstić information content (AvgIpc) is 3.63. The lowest BCUT2D eigenvalue weighted by molar-refractivity contribution is 0.134. The summed E-state index contributed by atoms with van der Waals surface area (Å²) in [4.78, 5) is 24.9. The van der Waals surface area contributed by atoms with Crippen LogP contribution in [0.15, 0.2) is 42.7 Å². The summed E-state index contributed by atoms with van der Waals surface area (Å²) in [5, 5.41) is 7.53. The minimum absolute atomic E-state index is 0.0452. The first kappa shape index (κ1) is 22.9. The van der Waals surface area contributed by atoms with Crippen molar-refractivity contribution < 1.29 is 9.53 Å². The number of benzene rings is 1. The molecule has 2 aromatic heterocycles. The third-order valence-corrected chi connectivity index (χ3v) is 8.09. The van der Waals surface area contributed by atoms with Crippen LogP contribution in [0, 0.1) is 6.92 Å².